The first-order valence-corrected chi connectivity index (χ1v) is 7.03. The van der Waals surface area contributed by atoms with Crippen molar-refractivity contribution in [2.45, 2.75) is 44.1 Å². The lowest BCUT2D eigenvalue weighted by Gasteiger charge is -2.29. The fourth-order valence-corrected chi connectivity index (χ4v) is 2.74. The Hall–Kier alpha value is -1.75. The highest BCUT2D eigenvalue weighted by molar-refractivity contribution is 5.21. The third-order valence-electron chi connectivity index (χ3n) is 3.95. The summed E-state index contributed by atoms with van der Waals surface area (Å²) in [6, 6.07) is 6.62. The average molecular weight is 275 g/mol. The summed E-state index contributed by atoms with van der Waals surface area (Å²) in [5.74, 6) is 0.725. The van der Waals surface area contributed by atoms with E-state index in [4.69, 9.17) is 10.3 Å². The fourth-order valence-electron chi connectivity index (χ4n) is 2.74. The predicted molar refractivity (Wildman–Crippen MR) is 72.5 cm³/mol. The number of nitrogens with zero attached hydrogens (tertiary/aromatic N) is 2. The third-order valence-corrected chi connectivity index (χ3v) is 3.95. The molecule has 0 radical (unpaired) electrons. The van der Waals surface area contributed by atoms with E-state index in [0.29, 0.717) is 23.7 Å². The molecule has 1 fully saturated rings. The maximum atomic E-state index is 13.6. The third kappa shape index (κ3) is 2.58. The highest BCUT2D eigenvalue weighted by Gasteiger charge is 2.35. The number of halogens is 1. The smallest absolute Gasteiger partial charge is 0.246 e. The minimum atomic E-state index is -0.501. The molecule has 0 atom stereocenters. The number of hydrogen-bond acceptors (Lipinski definition) is 4. The first-order valence-electron chi connectivity index (χ1n) is 7.03. The molecule has 1 aliphatic carbocycles. The molecule has 106 valence electrons. The van der Waals surface area contributed by atoms with Gasteiger partial charge in [-0.05, 0) is 24.5 Å². The molecular formula is C15H18FN3O. The second kappa shape index (κ2) is 5.32. The van der Waals surface area contributed by atoms with E-state index < -0.39 is 5.54 Å². The van der Waals surface area contributed by atoms with Crippen molar-refractivity contribution in [3.05, 3.63) is 47.4 Å². The summed E-state index contributed by atoms with van der Waals surface area (Å²) < 4.78 is 18.9. The summed E-state index contributed by atoms with van der Waals surface area (Å²) in [6.07, 6.45) is 5.44. The Balaban J connectivity index is 1.78. The van der Waals surface area contributed by atoms with E-state index in [2.05, 4.69) is 10.1 Å². The lowest BCUT2D eigenvalue weighted by molar-refractivity contribution is 0.219. The standard InChI is InChI=1S/C15H18FN3O/c16-12-7-3-2-6-11(12)10-13-18-14(20-19-13)15(17)8-4-1-5-9-15/h2-3,6-7H,1,4-5,8-10,17H2. The van der Waals surface area contributed by atoms with Gasteiger partial charge in [-0.2, -0.15) is 4.98 Å². The molecule has 1 aromatic carbocycles. The van der Waals surface area contributed by atoms with Crippen LogP contribution >= 0.6 is 0 Å². The lowest BCUT2D eigenvalue weighted by atomic mass is 9.82. The zero-order chi connectivity index (χ0) is 14.0. The molecule has 2 N–H and O–H groups in total. The van der Waals surface area contributed by atoms with E-state index in [1.54, 1.807) is 18.2 Å². The van der Waals surface area contributed by atoms with Gasteiger partial charge in [0.15, 0.2) is 5.82 Å². The number of nitrogens with two attached hydrogens (primary N) is 1. The minimum Gasteiger partial charge on any atom is -0.337 e. The van der Waals surface area contributed by atoms with Crippen LogP contribution in [0.15, 0.2) is 28.8 Å². The van der Waals surface area contributed by atoms with Crippen molar-refractivity contribution < 1.29 is 8.91 Å². The van der Waals surface area contributed by atoms with E-state index in [1.807, 2.05) is 0 Å². The molecule has 20 heavy (non-hydrogen) atoms. The maximum absolute atomic E-state index is 13.6. The van der Waals surface area contributed by atoms with Crippen molar-refractivity contribution in [1.29, 1.82) is 0 Å². The zero-order valence-corrected chi connectivity index (χ0v) is 11.3. The molecule has 1 heterocycles. The Morgan fingerprint density at radius 1 is 1.20 bits per heavy atom. The van der Waals surface area contributed by atoms with Gasteiger partial charge in [-0.25, -0.2) is 4.39 Å². The monoisotopic (exact) mass is 275 g/mol. The van der Waals surface area contributed by atoms with Gasteiger partial charge in [0, 0.05) is 6.42 Å². The Bertz CT molecular complexity index is 590. The summed E-state index contributed by atoms with van der Waals surface area (Å²) in [6.45, 7) is 0. The molecule has 0 spiro atoms. The van der Waals surface area contributed by atoms with Gasteiger partial charge in [0.05, 0.1) is 5.54 Å². The van der Waals surface area contributed by atoms with Gasteiger partial charge in [0.25, 0.3) is 0 Å². The number of hydrogen-bond donors (Lipinski definition) is 1. The van der Waals surface area contributed by atoms with E-state index in [9.17, 15) is 4.39 Å². The molecule has 0 aliphatic heterocycles. The van der Waals surface area contributed by atoms with Crippen LogP contribution in [-0.2, 0) is 12.0 Å². The highest BCUT2D eigenvalue weighted by atomic mass is 19.1. The summed E-state index contributed by atoms with van der Waals surface area (Å²) in [5.41, 5.74) is 6.41. The minimum absolute atomic E-state index is 0.251. The summed E-state index contributed by atoms with van der Waals surface area (Å²) in [7, 11) is 0. The lowest BCUT2D eigenvalue weighted by Crippen LogP contribution is -2.39. The van der Waals surface area contributed by atoms with Crippen LogP contribution in [0.25, 0.3) is 0 Å². The van der Waals surface area contributed by atoms with Crippen LogP contribution in [0.4, 0.5) is 4.39 Å². The van der Waals surface area contributed by atoms with Crippen molar-refractivity contribution in [2.75, 3.05) is 0 Å². The van der Waals surface area contributed by atoms with E-state index in [-0.39, 0.29) is 5.82 Å². The highest BCUT2D eigenvalue weighted by Crippen LogP contribution is 2.33. The van der Waals surface area contributed by atoms with E-state index >= 15 is 0 Å². The van der Waals surface area contributed by atoms with Crippen LogP contribution in [0.1, 0.15) is 49.4 Å². The zero-order valence-electron chi connectivity index (χ0n) is 11.3. The van der Waals surface area contributed by atoms with Gasteiger partial charge in [0.1, 0.15) is 5.82 Å². The van der Waals surface area contributed by atoms with Gasteiger partial charge in [-0.1, -0.05) is 42.6 Å². The molecular weight excluding hydrogens is 257 g/mol. The Morgan fingerprint density at radius 2 is 1.95 bits per heavy atom. The number of aromatic nitrogens is 2. The molecule has 5 heteroatoms. The van der Waals surface area contributed by atoms with Crippen molar-refractivity contribution in [2.24, 2.45) is 5.73 Å². The molecule has 1 aromatic heterocycles. The van der Waals surface area contributed by atoms with Gasteiger partial charge < -0.3 is 10.3 Å². The molecule has 0 saturated heterocycles. The van der Waals surface area contributed by atoms with Gasteiger partial charge in [-0.3, -0.25) is 0 Å². The van der Waals surface area contributed by atoms with E-state index in [1.165, 1.54) is 12.5 Å². The van der Waals surface area contributed by atoms with Crippen molar-refractivity contribution in [3.8, 4) is 0 Å². The van der Waals surface area contributed by atoms with Crippen molar-refractivity contribution in [1.82, 2.24) is 10.1 Å². The first-order chi connectivity index (χ1) is 9.67. The predicted octanol–water partition coefficient (Wildman–Crippen LogP) is 2.92. The summed E-state index contributed by atoms with van der Waals surface area (Å²) in [5, 5.41) is 3.94. The van der Waals surface area contributed by atoms with Crippen molar-refractivity contribution in [3.63, 3.8) is 0 Å². The molecule has 3 rings (SSSR count). The van der Waals surface area contributed by atoms with Gasteiger partial charge in [0.2, 0.25) is 5.89 Å². The fraction of sp³-hybridized carbons (Fsp3) is 0.467. The van der Waals surface area contributed by atoms with Crippen LogP contribution < -0.4 is 5.73 Å². The normalized spacial score (nSPS) is 18.1. The maximum Gasteiger partial charge on any atom is 0.246 e. The molecule has 4 nitrogen and oxygen atoms in total. The van der Waals surface area contributed by atoms with E-state index in [0.717, 1.165) is 25.7 Å². The Morgan fingerprint density at radius 3 is 2.70 bits per heavy atom. The van der Waals surface area contributed by atoms with Crippen LogP contribution in [0.3, 0.4) is 0 Å². The molecule has 2 aromatic rings. The SMILES string of the molecule is NC1(c2nc(Cc3ccccc3F)no2)CCCCC1. The average Bonchev–Trinajstić information content (AvgIpc) is 2.92. The Labute approximate surface area is 117 Å². The molecule has 0 amide bonds. The second-order valence-electron chi connectivity index (χ2n) is 5.50. The second-order valence-corrected chi connectivity index (χ2v) is 5.50. The number of benzene rings is 1. The molecule has 1 aliphatic rings. The topological polar surface area (TPSA) is 64.9 Å². The van der Waals surface area contributed by atoms with Crippen LogP contribution in [0, 0.1) is 5.82 Å². The van der Waals surface area contributed by atoms with Gasteiger partial charge in [-0.15, -0.1) is 0 Å². The summed E-state index contributed by atoms with van der Waals surface area (Å²) >= 11 is 0. The van der Waals surface area contributed by atoms with Gasteiger partial charge >= 0.3 is 0 Å². The quantitative estimate of drug-likeness (QED) is 0.935. The molecule has 0 unspecified atom stereocenters. The molecule has 1 saturated carbocycles. The van der Waals surface area contributed by atoms with Crippen molar-refractivity contribution >= 4 is 0 Å². The van der Waals surface area contributed by atoms with Crippen LogP contribution in [-0.4, -0.2) is 10.1 Å². The Kier molecular flexibility index (Phi) is 3.53. The summed E-state index contributed by atoms with van der Waals surface area (Å²) in [4.78, 5) is 4.37. The first kappa shape index (κ1) is 13.2. The van der Waals surface area contributed by atoms with Crippen LogP contribution in [0.2, 0.25) is 0 Å². The number of rotatable bonds is 3. The van der Waals surface area contributed by atoms with Crippen LogP contribution in [0.5, 0.6) is 0 Å². The molecule has 0 bridgehead atoms. The largest absolute Gasteiger partial charge is 0.337 e.